The minimum absolute atomic E-state index is 0.185. The number of carbonyl (C=O) groups is 1. The van der Waals surface area contributed by atoms with Gasteiger partial charge >= 0.3 is 0 Å². The molecule has 1 aromatic heterocycles. The van der Waals surface area contributed by atoms with E-state index in [9.17, 15) is 9.18 Å². The third-order valence-electron chi connectivity index (χ3n) is 3.74. The molecule has 0 atom stereocenters. The molecule has 0 unspecified atom stereocenters. The molecule has 0 aliphatic carbocycles. The van der Waals surface area contributed by atoms with E-state index in [0.29, 0.717) is 11.7 Å². The minimum atomic E-state index is -0.378. The Morgan fingerprint density at radius 3 is 2.64 bits per heavy atom. The maximum Gasteiger partial charge on any atom is 0.277 e. The van der Waals surface area contributed by atoms with Gasteiger partial charge < -0.3 is 9.30 Å². The Kier molecular flexibility index (Phi) is 6.33. The molecule has 0 saturated carbocycles. The van der Waals surface area contributed by atoms with Gasteiger partial charge in [0.15, 0.2) is 6.61 Å². The molecule has 2 rings (SSSR count). The number of ether oxygens (including phenoxy) is 1. The number of aromatic nitrogens is 1. The molecular formula is C19H24FN3O2. The van der Waals surface area contributed by atoms with Crippen molar-refractivity contribution < 1.29 is 13.9 Å². The fourth-order valence-electron chi connectivity index (χ4n) is 2.49. The third-order valence-corrected chi connectivity index (χ3v) is 3.74. The van der Waals surface area contributed by atoms with Crippen LogP contribution in [0.25, 0.3) is 0 Å². The molecule has 0 radical (unpaired) electrons. The van der Waals surface area contributed by atoms with Crippen LogP contribution in [0.15, 0.2) is 35.4 Å². The number of nitrogens with one attached hydrogen (secondary N) is 1. The van der Waals surface area contributed by atoms with E-state index in [0.717, 1.165) is 17.8 Å². The lowest BCUT2D eigenvalue weighted by molar-refractivity contribution is -0.123. The molecule has 1 aromatic carbocycles. The second-order valence-electron chi connectivity index (χ2n) is 6.37. The van der Waals surface area contributed by atoms with Gasteiger partial charge in [0, 0.05) is 23.5 Å². The van der Waals surface area contributed by atoms with Gasteiger partial charge in [0.05, 0.1) is 6.21 Å². The summed E-state index contributed by atoms with van der Waals surface area (Å²) in [6.07, 6.45) is 1.63. The van der Waals surface area contributed by atoms with E-state index in [2.05, 4.69) is 35.9 Å². The smallest absolute Gasteiger partial charge is 0.277 e. The monoisotopic (exact) mass is 345 g/mol. The molecule has 0 saturated heterocycles. The Bertz CT molecular complexity index is 749. The zero-order valence-corrected chi connectivity index (χ0v) is 15.0. The molecule has 0 fully saturated rings. The van der Waals surface area contributed by atoms with Crippen LogP contribution in [0, 0.1) is 25.6 Å². The van der Waals surface area contributed by atoms with Crippen molar-refractivity contribution in [1.29, 1.82) is 0 Å². The molecule has 0 spiro atoms. The molecule has 25 heavy (non-hydrogen) atoms. The van der Waals surface area contributed by atoms with Gasteiger partial charge in [0.2, 0.25) is 0 Å². The van der Waals surface area contributed by atoms with Crippen LogP contribution in [-0.4, -0.2) is 23.3 Å². The van der Waals surface area contributed by atoms with E-state index < -0.39 is 0 Å². The van der Waals surface area contributed by atoms with Gasteiger partial charge in [-0.2, -0.15) is 5.10 Å². The van der Waals surface area contributed by atoms with Gasteiger partial charge in [0.1, 0.15) is 11.6 Å². The zero-order chi connectivity index (χ0) is 18.4. The minimum Gasteiger partial charge on any atom is -0.484 e. The Hall–Kier alpha value is -2.63. The van der Waals surface area contributed by atoms with Crippen molar-refractivity contribution in [2.24, 2.45) is 11.0 Å². The Morgan fingerprint density at radius 1 is 1.32 bits per heavy atom. The number of nitrogens with zero attached hydrogens (tertiary/aromatic N) is 2. The standard InChI is InChI=1S/C19H24FN3O2/c1-13(2)11-23-14(3)9-16(15(23)4)10-21-22-19(24)12-25-18-7-5-17(20)6-8-18/h5-10,13H,11-12H2,1-4H3,(H,22,24)/b21-10-. The van der Waals surface area contributed by atoms with Crippen LogP contribution < -0.4 is 10.2 Å². The van der Waals surface area contributed by atoms with Gasteiger partial charge in [-0.15, -0.1) is 0 Å². The lowest BCUT2D eigenvalue weighted by Crippen LogP contribution is -2.24. The fourth-order valence-corrected chi connectivity index (χ4v) is 2.49. The molecule has 0 bridgehead atoms. The van der Waals surface area contributed by atoms with E-state index >= 15 is 0 Å². The van der Waals surface area contributed by atoms with E-state index in [-0.39, 0.29) is 18.3 Å². The lowest BCUT2D eigenvalue weighted by Gasteiger charge is -2.11. The van der Waals surface area contributed by atoms with Gasteiger partial charge in [-0.05, 0) is 50.1 Å². The van der Waals surface area contributed by atoms with Crippen LogP contribution in [0.5, 0.6) is 5.75 Å². The molecular weight excluding hydrogens is 321 g/mol. The van der Waals surface area contributed by atoms with Crippen LogP contribution in [0.3, 0.4) is 0 Å². The summed E-state index contributed by atoms with van der Waals surface area (Å²) in [4.78, 5) is 11.7. The number of aryl methyl sites for hydroxylation is 1. The molecule has 0 aliphatic rings. The average molecular weight is 345 g/mol. The lowest BCUT2D eigenvalue weighted by atomic mass is 10.2. The SMILES string of the molecule is Cc1cc(/C=N\NC(=O)COc2ccc(F)cc2)c(C)n1CC(C)C. The first-order chi connectivity index (χ1) is 11.9. The summed E-state index contributed by atoms with van der Waals surface area (Å²) in [5.74, 6) is 0.253. The average Bonchev–Trinajstić information content (AvgIpc) is 2.81. The molecule has 5 nitrogen and oxygen atoms in total. The van der Waals surface area contributed by atoms with Gasteiger partial charge in [-0.25, -0.2) is 9.82 Å². The summed E-state index contributed by atoms with van der Waals surface area (Å²) < 4.78 is 20.3. The second-order valence-corrected chi connectivity index (χ2v) is 6.37. The van der Waals surface area contributed by atoms with Gasteiger partial charge in [-0.1, -0.05) is 13.8 Å². The highest BCUT2D eigenvalue weighted by Crippen LogP contribution is 2.15. The summed E-state index contributed by atoms with van der Waals surface area (Å²) in [6.45, 7) is 9.21. The number of amides is 1. The van der Waals surface area contributed by atoms with Crippen molar-refractivity contribution >= 4 is 12.1 Å². The Morgan fingerprint density at radius 2 is 2.00 bits per heavy atom. The number of benzene rings is 1. The molecule has 0 aliphatic heterocycles. The first-order valence-corrected chi connectivity index (χ1v) is 8.24. The maximum absolute atomic E-state index is 12.8. The first-order valence-electron chi connectivity index (χ1n) is 8.24. The van der Waals surface area contributed by atoms with Crippen LogP contribution in [-0.2, 0) is 11.3 Å². The second kappa shape index (κ2) is 8.46. The molecule has 134 valence electrons. The molecule has 1 N–H and O–H groups in total. The number of rotatable bonds is 7. The topological polar surface area (TPSA) is 55.6 Å². The number of hydrazone groups is 1. The quantitative estimate of drug-likeness (QED) is 0.617. The van der Waals surface area contributed by atoms with Crippen LogP contribution in [0.2, 0.25) is 0 Å². The molecule has 6 heteroatoms. The van der Waals surface area contributed by atoms with E-state index in [1.165, 1.54) is 30.0 Å². The highest BCUT2D eigenvalue weighted by molar-refractivity contribution is 5.84. The molecule has 1 amide bonds. The van der Waals surface area contributed by atoms with Gasteiger partial charge in [-0.3, -0.25) is 4.79 Å². The third kappa shape index (κ3) is 5.45. The molecule has 2 aromatic rings. The van der Waals surface area contributed by atoms with Crippen LogP contribution in [0.4, 0.5) is 4.39 Å². The van der Waals surface area contributed by atoms with Crippen molar-refractivity contribution in [3.05, 3.63) is 53.1 Å². The first kappa shape index (κ1) is 18.7. The Balaban J connectivity index is 1.88. The number of hydrogen-bond donors (Lipinski definition) is 1. The van der Waals surface area contributed by atoms with Gasteiger partial charge in [0.25, 0.3) is 5.91 Å². The number of carbonyl (C=O) groups excluding carboxylic acids is 1. The van der Waals surface area contributed by atoms with Crippen molar-refractivity contribution in [3.63, 3.8) is 0 Å². The Labute approximate surface area is 147 Å². The summed E-state index contributed by atoms with van der Waals surface area (Å²) in [5, 5.41) is 3.98. The summed E-state index contributed by atoms with van der Waals surface area (Å²) >= 11 is 0. The van der Waals surface area contributed by atoms with Crippen molar-refractivity contribution in [1.82, 2.24) is 9.99 Å². The number of hydrogen-bond acceptors (Lipinski definition) is 3. The predicted molar refractivity (Wildman–Crippen MR) is 96.4 cm³/mol. The van der Waals surface area contributed by atoms with Crippen molar-refractivity contribution in [2.45, 2.75) is 34.2 Å². The van der Waals surface area contributed by atoms with Crippen molar-refractivity contribution in [2.75, 3.05) is 6.61 Å². The zero-order valence-electron chi connectivity index (χ0n) is 15.0. The summed E-state index contributed by atoms with van der Waals surface area (Å²) in [5.41, 5.74) is 5.68. The van der Waals surface area contributed by atoms with E-state index in [1.54, 1.807) is 6.21 Å². The number of halogens is 1. The largest absolute Gasteiger partial charge is 0.484 e. The maximum atomic E-state index is 12.8. The summed E-state index contributed by atoms with van der Waals surface area (Å²) in [7, 11) is 0. The van der Waals surface area contributed by atoms with Crippen LogP contribution in [0.1, 0.15) is 30.8 Å². The van der Waals surface area contributed by atoms with Crippen molar-refractivity contribution in [3.8, 4) is 5.75 Å². The van der Waals surface area contributed by atoms with Crippen LogP contribution >= 0.6 is 0 Å². The highest BCUT2D eigenvalue weighted by atomic mass is 19.1. The van der Waals surface area contributed by atoms with E-state index in [4.69, 9.17) is 4.74 Å². The van der Waals surface area contributed by atoms with E-state index in [1.807, 2.05) is 13.0 Å². The normalized spacial score (nSPS) is 11.3. The fraction of sp³-hybridized carbons (Fsp3) is 0.368. The predicted octanol–water partition coefficient (Wildman–Crippen LogP) is 3.43. The molecule has 1 heterocycles. The summed E-state index contributed by atoms with van der Waals surface area (Å²) in [6, 6.07) is 7.53. The highest BCUT2D eigenvalue weighted by Gasteiger charge is 2.09.